The molecule has 10 heteroatoms. The Morgan fingerprint density at radius 2 is 1.70 bits per heavy atom. The van der Waals surface area contributed by atoms with E-state index in [4.69, 9.17) is 16.3 Å². The lowest BCUT2D eigenvalue weighted by Crippen LogP contribution is -2.52. The first-order chi connectivity index (χ1) is 20.7. The number of benzene rings is 2. The Balaban J connectivity index is 0.00000149. The topological polar surface area (TPSA) is 99.8 Å². The van der Waals surface area contributed by atoms with Crippen molar-refractivity contribution >= 4 is 29.8 Å². The van der Waals surface area contributed by atoms with Crippen molar-refractivity contribution in [1.82, 2.24) is 20.9 Å². The summed E-state index contributed by atoms with van der Waals surface area (Å²) in [5, 5.41) is 9.31. The van der Waals surface area contributed by atoms with Crippen LogP contribution in [0.4, 0.5) is 4.39 Å². The van der Waals surface area contributed by atoms with Crippen molar-refractivity contribution < 1.29 is 23.5 Å². The van der Waals surface area contributed by atoms with Gasteiger partial charge in [-0.2, -0.15) is 0 Å². The molecule has 0 radical (unpaired) electrons. The van der Waals surface area contributed by atoms with Crippen LogP contribution in [0.5, 0.6) is 5.75 Å². The molecule has 0 saturated carbocycles. The minimum atomic E-state index is -0.392. The number of nitrogens with zero attached hydrogens (tertiary/aromatic N) is 1. The van der Waals surface area contributed by atoms with Gasteiger partial charge in [-0.05, 0) is 62.4 Å². The molecule has 0 aliphatic heterocycles. The third-order valence-electron chi connectivity index (χ3n) is 6.53. The lowest BCUT2D eigenvalue weighted by Gasteiger charge is -2.29. The Morgan fingerprint density at radius 1 is 1.05 bits per heavy atom. The van der Waals surface area contributed by atoms with E-state index in [-0.39, 0.29) is 30.1 Å². The molecule has 0 heterocycles. The van der Waals surface area contributed by atoms with E-state index in [0.29, 0.717) is 43.4 Å². The van der Waals surface area contributed by atoms with Crippen molar-refractivity contribution in [3.05, 3.63) is 64.4 Å². The number of carbonyl (C=O) groups is 3. The largest absolute Gasteiger partial charge is 0.492 e. The van der Waals surface area contributed by atoms with E-state index in [1.54, 1.807) is 25.2 Å². The number of amides is 3. The highest BCUT2D eigenvalue weighted by Crippen LogP contribution is 2.24. The number of hydrogen-bond donors (Lipinski definition) is 3. The van der Waals surface area contributed by atoms with Gasteiger partial charge in [0.15, 0.2) is 0 Å². The fraction of sp³-hybridized carbons (Fsp3) is 0.545. The van der Waals surface area contributed by atoms with E-state index >= 15 is 0 Å². The molecule has 0 saturated heterocycles. The van der Waals surface area contributed by atoms with Gasteiger partial charge in [-0.1, -0.05) is 75.9 Å². The SMILES string of the molecule is CC.CCNC(=O)CN(C)C(=O)C(NCCOc1cc(Cl)ccc1CCCNC=O)C(CC)CC.Cc1ccc(F)cc1. The lowest BCUT2D eigenvalue weighted by atomic mass is 9.93. The van der Waals surface area contributed by atoms with Crippen LogP contribution in [0.25, 0.3) is 0 Å². The highest BCUT2D eigenvalue weighted by Gasteiger charge is 2.28. The summed E-state index contributed by atoms with van der Waals surface area (Å²) in [5.74, 6) is 0.420. The normalized spacial score (nSPS) is 10.8. The van der Waals surface area contributed by atoms with E-state index < -0.39 is 6.04 Å². The number of likely N-dealkylation sites (N-methyl/N-ethyl adjacent to an activating group) is 2. The van der Waals surface area contributed by atoms with Gasteiger partial charge < -0.3 is 25.6 Å². The van der Waals surface area contributed by atoms with Gasteiger partial charge in [0.1, 0.15) is 18.2 Å². The van der Waals surface area contributed by atoms with Crippen LogP contribution in [0.3, 0.4) is 0 Å². The van der Waals surface area contributed by atoms with Crippen LogP contribution >= 0.6 is 11.6 Å². The number of aryl methyl sites for hydroxylation is 2. The summed E-state index contributed by atoms with van der Waals surface area (Å²) >= 11 is 6.15. The molecule has 3 N–H and O–H groups in total. The highest BCUT2D eigenvalue weighted by molar-refractivity contribution is 6.30. The Hall–Kier alpha value is -3.17. The number of nitrogens with one attached hydrogen (secondary N) is 3. The molecule has 3 amide bonds. The third-order valence-corrected chi connectivity index (χ3v) is 6.77. The zero-order valence-electron chi connectivity index (χ0n) is 27.0. The van der Waals surface area contributed by atoms with E-state index in [0.717, 1.165) is 36.8 Å². The van der Waals surface area contributed by atoms with Crippen LogP contribution in [0.2, 0.25) is 5.02 Å². The second-order valence-electron chi connectivity index (χ2n) is 9.73. The van der Waals surface area contributed by atoms with Crippen LogP contribution in [0.1, 0.15) is 65.0 Å². The van der Waals surface area contributed by atoms with E-state index in [2.05, 4.69) is 29.8 Å². The maximum atomic E-state index is 13.1. The van der Waals surface area contributed by atoms with Crippen LogP contribution in [-0.4, -0.2) is 69.0 Å². The summed E-state index contributed by atoms with van der Waals surface area (Å²) in [6.07, 6.45) is 3.93. The number of carbonyl (C=O) groups excluding carboxylic acids is 3. The first kappa shape index (κ1) is 39.8. The van der Waals surface area contributed by atoms with Crippen molar-refractivity contribution in [2.45, 2.75) is 73.3 Å². The Morgan fingerprint density at radius 3 is 2.26 bits per heavy atom. The molecule has 43 heavy (non-hydrogen) atoms. The van der Waals surface area contributed by atoms with Crippen LogP contribution in [-0.2, 0) is 20.8 Å². The predicted octanol–water partition coefficient (Wildman–Crippen LogP) is 5.55. The summed E-state index contributed by atoms with van der Waals surface area (Å²) in [6.45, 7) is 13.9. The van der Waals surface area contributed by atoms with Gasteiger partial charge in [-0.15, -0.1) is 0 Å². The van der Waals surface area contributed by atoms with Crippen LogP contribution in [0, 0.1) is 18.7 Å². The number of rotatable bonds is 17. The second-order valence-corrected chi connectivity index (χ2v) is 10.2. The molecule has 1 atom stereocenters. The number of hydrogen-bond acceptors (Lipinski definition) is 5. The quantitative estimate of drug-likeness (QED) is 0.159. The third kappa shape index (κ3) is 16.9. The van der Waals surface area contributed by atoms with Crippen molar-refractivity contribution in [3.63, 3.8) is 0 Å². The van der Waals surface area contributed by atoms with Crippen molar-refractivity contribution in [2.75, 3.05) is 39.8 Å². The fourth-order valence-electron chi connectivity index (χ4n) is 4.22. The fourth-order valence-corrected chi connectivity index (χ4v) is 4.38. The first-order valence-corrected chi connectivity index (χ1v) is 15.6. The predicted molar refractivity (Wildman–Crippen MR) is 174 cm³/mol. The summed E-state index contributed by atoms with van der Waals surface area (Å²) in [7, 11) is 1.66. The van der Waals surface area contributed by atoms with Gasteiger partial charge in [-0.25, -0.2) is 4.39 Å². The molecule has 2 rings (SSSR count). The summed E-state index contributed by atoms with van der Waals surface area (Å²) < 4.78 is 18.1. The molecule has 8 nitrogen and oxygen atoms in total. The summed E-state index contributed by atoms with van der Waals surface area (Å²) in [4.78, 5) is 36.9. The van der Waals surface area contributed by atoms with Gasteiger partial charge in [0.25, 0.3) is 0 Å². The average Bonchev–Trinajstić information content (AvgIpc) is 3.00. The molecule has 242 valence electrons. The molecule has 0 fully saturated rings. The van der Waals surface area contributed by atoms with Crippen molar-refractivity contribution in [2.24, 2.45) is 5.92 Å². The smallest absolute Gasteiger partial charge is 0.240 e. The molecule has 0 aliphatic rings. The minimum Gasteiger partial charge on any atom is -0.492 e. The average molecular weight is 623 g/mol. The minimum absolute atomic E-state index is 0.0341. The molecule has 0 aromatic heterocycles. The molecular weight excluding hydrogens is 571 g/mol. The monoisotopic (exact) mass is 622 g/mol. The van der Waals surface area contributed by atoms with Gasteiger partial charge in [0.2, 0.25) is 18.2 Å². The summed E-state index contributed by atoms with van der Waals surface area (Å²) in [5.41, 5.74) is 2.10. The lowest BCUT2D eigenvalue weighted by molar-refractivity contribution is -0.137. The molecule has 0 spiro atoms. The zero-order valence-corrected chi connectivity index (χ0v) is 27.7. The Kier molecular flexibility index (Phi) is 22.5. The Bertz CT molecular complexity index is 1030. The molecule has 2 aromatic rings. The zero-order chi connectivity index (χ0) is 32.6. The standard InChI is InChI=1S/C24H39ClN4O4.C7H7F.C2H6/c1-5-18(6-2)23(24(32)29(4)16-22(31)27-7-3)28-13-14-33-21-15-20(25)11-10-19(21)9-8-12-26-17-30;1-6-2-4-7(8)5-3-6;1-2/h10-11,15,17-18,23,28H,5-9,12-14,16H2,1-4H3,(H,26,30)(H,27,31);2-5H,1H3;1-2H3. The first-order valence-electron chi connectivity index (χ1n) is 15.2. The second kappa shape index (κ2) is 24.3. The van der Waals surface area contributed by atoms with E-state index in [1.165, 1.54) is 17.0 Å². The highest BCUT2D eigenvalue weighted by atomic mass is 35.5. The van der Waals surface area contributed by atoms with Gasteiger partial charge in [0, 0.05) is 31.7 Å². The molecule has 1 unspecified atom stereocenters. The van der Waals surface area contributed by atoms with Crippen molar-refractivity contribution in [1.29, 1.82) is 0 Å². The van der Waals surface area contributed by atoms with Gasteiger partial charge in [0.05, 0.1) is 12.6 Å². The number of halogens is 2. The van der Waals surface area contributed by atoms with Crippen molar-refractivity contribution in [3.8, 4) is 5.75 Å². The molecule has 2 aromatic carbocycles. The molecule has 0 aliphatic carbocycles. The summed E-state index contributed by atoms with van der Waals surface area (Å²) in [6, 6.07) is 11.5. The Labute approximate surface area is 263 Å². The van der Waals surface area contributed by atoms with Crippen LogP contribution < -0.4 is 20.7 Å². The van der Waals surface area contributed by atoms with E-state index in [9.17, 15) is 18.8 Å². The molecular formula is C33H52ClFN4O4. The van der Waals surface area contributed by atoms with E-state index in [1.807, 2.05) is 39.8 Å². The van der Waals surface area contributed by atoms with Crippen LogP contribution in [0.15, 0.2) is 42.5 Å². The molecule has 0 bridgehead atoms. The van der Waals surface area contributed by atoms with Gasteiger partial charge >= 0.3 is 0 Å². The van der Waals surface area contributed by atoms with Gasteiger partial charge in [-0.3, -0.25) is 14.4 Å². The maximum Gasteiger partial charge on any atom is 0.240 e. The maximum absolute atomic E-state index is 13.1. The number of ether oxygens (including phenoxy) is 1.